The Morgan fingerprint density at radius 1 is 1.10 bits per heavy atom. The summed E-state index contributed by atoms with van der Waals surface area (Å²) in [4.78, 5) is 14.1. The molecule has 2 aliphatic rings. The third kappa shape index (κ3) is 2.19. The summed E-state index contributed by atoms with van der Waals surface area (Å²) in [5.74, 6) is 1.15. The Balaban J connectivity index is 1.59. The highest BCUT2D eigenvalue weighted by molar-refractivity contribution is 7.17. The molecule has 1 atom stereocenters. The van der Waals surface area contributed by atoms with E-state index >= 15 is 0 Å². The van der Waals surface area contributed by atoms with Crippen LogP contribution in [-0.2, 0) is 0 Å². The zero-order valence-corrected chi connectivity index (χ0v) is 12.5. The number of anilines is 1. The number of piperidine rings is 1. The minimum atomic E-state index is 0.719. The lowest BCUT2D eigenvalue weighted by atomic mass is 10.0. The number of thiophene rings is 1. The zero-order valence-electron chi connectivity index (χ0n) is 11.7. The van der Waals surface area contributed by atoms with E-state index in [1.54, 1.807) is 17.7 Å². The van der Waals surface area contributed by atoms with Gasteiger partial charge in [0.1, 0.15) is 12.1 Å². The van der Waals surface area contributed by atoms with Gasteiger partial charge in [-0.2, -0.15) is 0 Å². The van der Waals surface area contributed by atoms with E-state index in [-0.39, 0.29) is 0 Å². The molecule has 2 aliphatic heterocycles. The van der Waals surface area contributed by atoms with Crippen LogP contribution >= 0.6 is 11.3 Å². The minimum Gasteiger partial charge on any atom is -0.354 e. The number of aromatic nitrogens is 2. The molecule has 0 bridgehead atoms. The molecule has 0 radical (unpaired) electrons. The first-order chi connectivity index (χ1) is 9.92. The van der Waals surface area contributed by atoms with E-state index in [4.69, 9.17) is 0 Å². The van der Waals surface area contributed by atoms with Crippen LogP contribution in [0.15, 0.2) is 17.8 Å². The minimum absolute atomic E-state index is 0.719. The van der Waals surface area contributed by atoms with Crippen molar-refractivity contribution in [1.82, 2.24) is 14.9 Å². The van der Waals surface area contributed by atoms with E-state index in [9.17, 15) is 0 Å². The van der Waals surface area contributed by atoms with E-state index < -0.39 is 0 Å². The van der Waals surface area contributed by atoms with Crippen LogP contribution in [0, 0.1) is 0 Å². The lowest BCUT2D eigenvalue weighted by molar-refractivity contribution is 0.215. The molecular weight excluding hydrogens is 268 g/mol. The van der Waals surface area contributed by atoms with Gasteiger partial charge in [0.25, 0.3) is 0 Å². The summed E-state index contributed by atoms with van der Waals surface area (Å²) in [6.07, 6.45) is 7.08. The van der Waals surface area contributed by atoms with Gasteiger partial charge in [0.2, 0.25) is 0 Å². The van der Waals surface area contributed by atoms with Crippen LogP contribution < -0.4 is 4.90 Å². The van der Waals surface area contributed by atoms with Crippen LogP contribution in [0.5, 0.6) is 0 Å². The molecule has 2 fully saturated rings. The first-order valence-electron chi connectivity index (χ1n) is 7.59. The van der Waals surface area contributed by atoms with Crippen molar-refractivity contribution in [3.63, 3.8) is 0 Å². The molecule has 5 heteroatoms. The summed E-state index contributed by atoms with van der Waals surface area (Å²) in [6.45, 7) is 4.84. The summed E-state index contributed by atoms with van der Waals surface area (Å²) in [7, 11) is 0. The van der Waals surface area contributed by atoms with Crippen molar-refractivity contribution in [3.8, 4) is 0 Å². The van der Waals surface area contributed by atoms with Crippen molar-refractivity contribution in [3.05, 3.63) is 17.8 Å². The quantitative estimate of drug-likeness (QED) is 0.850. The van der Waals surface area contributed by atoms with Crippen molar-refractivity contribution in [2.24, 2.45) is 0 Å². The molecule has 2 aromatic rings. The fraction of sp³-hybridized carbons (Fsp3) is 0.600. The molecule has 4 heterocycles. The van der Waals surface area contributed by atoms with Gasteiger partial charge in [-0.25, -0.2) is 9.97 Å². The van der Waals surface area contributed by atoms with Crippen molar-refractivity contribution in [1.29, 1.82) is 0 Å². The molecule has 0 amide bonds. The van der Waals surface area contributed by atoms with Crippen molar-refractivity contribution >= 4 is 27.4 Å². The normalized spacial score (nSPS) is 24.6. The SMILES string of the molecule is c1nc(N2CCC[C@H](N3CCCC3)C2)c2sccc2n1. The standard InChI is InChI=1S/C15H20N4S/c1-2-7-18(6-1)12-4-3-8-19(10-12)15-14-13(5-9-20-14)16-11-17-15/h5,9,11-12H,1-4,6-8,10H2/t12-/m0/s1. The summed E-state index contributed by atoms with van der Waals surface area (Å²) in [5.41, 5.74) is 1.09. The lowest BCUT2D eigenvalue weighted by Crippen LogP contribution is -2.47. The maximum Gasteiger partial charge on any atom is 0.150 e. The zero-order chi connectivity index (χ0) is 13.4. The Kier molecular flexibility index (Phi) is 3.32. The fourth-order valence-corrected chi connectivity index (χ4v) is 4.41. The summed E-state index contributed by atoms with van der Waals surface area (Å²) in [5, 5.41) is 2.12. The number of fused-ring (bicyclic) bond motifs is 1. The third-order valence-corrected chi connectivity index (χ3v) is 5.48. The van der Waals surface area contributed by atoms with E-state index in [1.165, 1.54) is 43.5 Å². The molecular formula is C15H20N4S. The van der Waals surface area contributed by atoms with Crippen LogP contribution in [0.25, 0.3) is 10.2 Å². The summed E-state index contributed by atoms with van der Waals surface area (Å²) >= 11 is 1.76. The first kappa shape index (κ1) is 12.5. The number of nitrogens with zero attached hydrogens (tertiary/aromatic N) is 4. The smallest absolute Gasteiger partial charge is 0.150 e. The van der Waals surface area contributed by atoms with Gasteiger partial charge in [-0.15, -0.1) is 11.3 Å². The lowest BCUT2D eigenvalue weighted by Gasteiger charge is -2.38. The average molecular weight is 288 g/mol. The van der Waals surface area contributed by atoms with E-state index in [1.807, 2.05) is 0 Å². The van der Waals surface area contributed by atoms with Crippen molar-refractivity contribution < 1.29 is 0 Å². The highest BCUT2D eigenvalue weighted by Gasteiger charge is 2.28. The monoisotopic (exact) mass is 288 g/mol. The number of hydrogen-bond acceptors (Lipinski definition) is 5. The van der Waals surface area contributed by atoms with Crippen molar-refractivity contribution in [2.75, 3.05) is 31.1 Å². The maximum absolute atomic E-state index is 4.57. The third-order valence-electron chi connectivity index (χ3n) is 4.58. The molecule has 106 valence electrons. The topological polar surface area (TPSA) is 32.3 Å². The molecule has 0 unspecified atom stereocenters. The Labute approximate surface area is 123 Å². The molecule has 0 spiro atoms. The van der Waals surface area contributed by atoms with E-state index in [0.29, 0.717) is 0 Å². The molecule has 0 saturated carbocycles. The molecule has 2 aromatic heterocycles. The predicted octanol–water partition coefficient (Wildman–Crippen LogP) is 2.76. The fourth-order valence-electron chi connectivity index (χ4n) is 3.55. The van der Waals surface area contributed by atoms with Gasteiger partial charge in [-0.1, -0.05) is 0 Å². The number of hydrogen-bond donors (Lipinski definition) is 0. The second-order valence-corrected chi connectivity index (χ2v) is 6.73. The Bertz CT molecular complexity index is 590. The molecule has 0 aromatic carbocycles. The van der Waals surface area contributed by atoms with E-state index in [2.05, 4.69) is 31.2 Å². The van der Waals surface area contributed by atoms with Gasteiger partial charge >= 0.3 is 0 Å². The van der Waals surface area contributed by atoms with Crippen LogP contribution in [0.2, 0.25) is 0 Å². The Morgan fingerprint density at radius 3 is 2.90 bits per heavy atom. The second kappa shape index (κ2) is 5.30. The van der Waals surface area contributed by atoms with Gasteiger partial charge < -0.3 is 4.90 Å². The van der Waals surface area contributed by atoms with Gasteiger partial charge in [0.05, 0.1) is 10.2 Å². The average Bonchev–Trinajstić information content (AvgIpc) is 3.18. The van der Waals surface area contributed by atoms with Crippen LogP contribution in [0.1, 0.15) is 25.7 Å². The summed E-state index contributed by atoms with van der Waals surface area (Å²) < 4.78 is 1.24. The van der Waals surface area contributed by atoms with Crippen LogP contribution in [0.3, 0.4) is 0 Å². The Morgan fingerprint density at radius 2 is 2.00 bits per heavy atom. The highest BCUT2D eigenvalue weighted by atomic mass is 32.1. The van der Waals surface area contributed by atoms with Crippen LogP contribution in [0.4, 0.5) is 5.82 Å². The first-order valence-corrected chi connectivity index (χ1v) is 8.47. The van der Waals surface area contributed by atoms with Gasteiger partial charge in [-0.3, -0.25) is 4.90 Å². The Hall–Kier alpha value is -1.20. The number of likely N-dealkylation sites (tertiary alicyclic amines) is 1. The van der Waals surface area contributed by atoms with Crippen molar-refractivity contribution in [2.45, 2.75) is 31.7 Å². The van der Waals surface area contributed by atoms with Crippen LogP contribution in [-0.4, -0.2) is 47.1 Å². The van der Waals surface area contributed by atoms with E-state index in [0.717, 1.165) is 30.5 Å². The molecule has 4 nitrogen and oxygen atoms in total. The van der Waals surface area contributed by atoms with Gasteiger partial charge in [-0.05, 0) is 50.2 Å². The second-order valence-electron chi connectivity index (χ2n) is 5.82. The van der Waals surface area contributed by atoms with Gasteiger partial charge in [0.15, 0.2) is 0 Å². The maximum atomic E-state index is 4.57. The highest BCUT2D eigenvalue weighted by Crippen LogP contribution is 2.31. The number of rotatable bonds is 2. The summed E-state index contributed by atoms with van der Waals surface area (Å²) in [6, 6.07) is 2.81. The molecule has 4 rings (SSSR count). The largest absolute Gasteiger partial charge is 0.354 e. The molecule has 20 heavy (non-hydrogen) atoms. The molecule has 0 aliphatic carbocycles. The predicted molar refractivity (Wildman–Crippen MR) is 83.5 cm³/mol. The molecule has 0 N–H and O–H groups in total. The molecule has 2 saturated heterocycles. The van der Waals surface area contributed by atoms with Gasteiger partial charge in [0, 0.05) is 19.1 Å².